The molecule has 0 bridgehead atoms. The Morgan fingerprint density at radius 2 is 1.94 bits per heavy atom. The first-order valence-corrected chi connectivity index (χ1v) is 5.02. The molecule has 0 saturated heterocycles. The van der Waals surface area contributed by atoms with Crippen LogP contribution in [0.2, 0.25) is 0 Å². The number of para-hydroxylation sites is 1. The fraction of sp³-hybridized carbons (Fsp3) is 0.455. The minimum Gasteiger partial charge on any atom is -0.488 e. The molecule has 2 nitrogen and oxygen atoms in total. The highest BCUT2D eigenvalue weighted by molar-refractivity contribution is 5.35. The normalized spacial score (nSPS) is 13.6. The zero-order chi connectivity index (χ0) is 12.2. The average Bonchev–Trinajstić information content (AvgIpc) is 2.25. The lowest BCUT2D eigenvalue weighted by molar-refractivity contribution is -0.139. The van der Waals surface area contributed by atoms with Crippen molar-refractivity contribution in [3.8, 4) is 5.75 Å². The van der Waals surface area contributed by atoms with Crippen LogP contribution in [0.3, 0.4) is 0 Å². The van der Waals surface area contributed by atoms with Crippen LogP contribution in [0, 0.1) is 0 Å². The predicted molar refractivity (Wildman–Crippen MR) is 55.2 cm³/mol. The van der Waals surface area contributed by atoms with Crippen molar-refractivity contribution in [2.24, 2.45) is 5.73 Å². The summed E-state index contributed by atoms with van der Waals surface area (Å²) in [5.74, 6) is -0.160. The summed E-state index contributed by atoms with van der Waals surface area (Å²) in [5, 5.41) is 0. The molecule has 90 valence electrons. The molecule has 0 aliphatic carbocycles. The lowest BCUT2D eigenvalue weighted by Gasteiger charge is -2.19. The lowest BCUT2D eigenvalue weighted by atomic mass is 10.2. The summed E-state index contributed by atoms with van der Waals surface area (Å²) in [6.45, 7) is 2.01. The molecule has 2 N–H and O–H groups in total. The molecule has 1 aromatic rings. The molecule has 1 unspecified atom stereocenters. The molecule has 5 heteroatoms. The largest absolute Gasteiger partial charge is 0.488 e. The summed E-state index contributed by atoms with van der Waals surface area (Å²) in [5.41, 5.74) is 4.62. The van der Waals surface area contributed by atoms with E-state index in [1.165, 1.54) is 18.2 Å². The highest BCUT2D eigenvalue weighted by atomic mass is 19.4. The molecule has 16 heavy (non-hydrogen) atoms. The van der Waals surface area contributed by atoms with Gasteiger partial charge in [-0.3, -0.25) is 0 Å². The van der Waals surface area contributed by atoms with Crippen molar-refractivity contribution in [2.45, 2.75) is 25.6 Å². The Morgan fingerprint density at radius 1 is 1.31 bits per heavy atom. The van der Waals surface area contributed by atoms with E-state index in [0.29, 0.717) is 6.42 Å². The zero-order valence-electron chi connectivity index (χ0n) is 8.92. The summed E-state index contributed by atoms with van der Waals surface area (Å²) in [6, 6.07) is 5.15. The van der Waals surface area contributed by atoms with E-state index in [4.69, 9.17) is 10.5 Å². The smallest absolute Gasteiger partial charge is 0.419 e. The molecule has 0 radical (unpaired) electrons. The van der Waals surface area contributed by atoms with Crippen LogP contribution in [-0.2, 0) is 6.18 Å². The van der Waals surface area contributed by atoms with Crippen molar-refractivity contribution in [2.75, 3.05) is 6.54 Å². The summed E-state index contributed by atoms with van der Waals surface area (Å²) in [7, 11) is 0. The Hall–Kier alpha value is -1.23. The molecule has 0 spiro atoms. The second-order valence-corrected chi connectivity index (χ2v) is 3.38. The minimum atomic E-state index is -4.40. The maximum atomic E-state index is 12.6. The quantitative estimate of drug-likeness (QED) is 0.867. The molecule has 0 heterocycles. The van der Waals surface area contributed by atoms with E-state index in [1.807, 2.05) is 6.92 Å². The van der Waals surface area contributed by atoms with Gasteiger partial charge in [0.05, 0.1) is 5.56 Å². The van der Waals surface area contributed by atoms with E-state index >= 15 is 0 Å². The van der Waals surface area contributed by atoms with Gasteiger partial charge in [0.25, 0.3) is 0 Å². The first kappa shape index (κ1) is 12.8. The van der Waals surface area contributed by atoms with E-state index in [2.05, 4.69) is 0 Å². The molecule has 0 aromatic heterocycles. The Kier molecular flexibility index (Phi) is 4.18. The number of alkyl halides is 3. The van der Waals surface area contributed by atoms with Gasteiger partial charge in [-0.25, -0.2) is 0 Å². The third-order valence-electron chi connectivity index (χ3n) is 2.20. The third kappa shape index (κ3) is 3.13. The van der Waals surface area contributed by atoms with Gasteiger partial charge in [-0.2, -0.15) is 13.2 Å². The minimum absolute atomic E-state index is 0.160. The summed E-state index contributed by atoms with van der Waals surface area (Å²) < 4.78 is 43.0. The first-order valence-electron chi connectivity index (χ1n) is 5.02. The van der Waals surface area contributed by atoms with Crippen LogP contribution in [0.15, 0.2) is 24.3 Å². The van der Waals surface area contributed by atoms with E-state index in [0.717, 1.165) is 6.07 Å². The number of rotatable bonds is 4. The van der Waals surface area contributed by atoms with Crippen molar-refractivity contribution in [1.82, 2.24) is 0 Å². The molecule has 1 aromatic carbocycles. The molecule has 0 aliphatic rings. The fourth-order valence-corrected chi connectivity index (χ4v) is 1.28. The Bertz CT molecular complexity index is 334. The van der Waals surface area contributed by atoms with Crippen LogP contribution in [0.1, 0.15) is 18.9 Å². The summed E-state index contributed by atoms with van der Waals surface area (Å²) >= 11 is 0. The second kappa shape index (κ2) is 5.21. The van der Waals surface area contributed by atoms with Gasteiger partial charge >= 0.3 is 6.18 Å². The SMILES string of the molecule is CCC(CN)Oc1ccccc1C(F)(F)F. The molecule has 0 saturated carbocycles. The van der Waals surface area contributed by atoms with Crippen molar-refractivity contribution >= 4 is 0 Å². The molecule has 0 fully saturated rings. The maximum Gasteiger partial charge on any atom is 0.419 e. The van der Waals surface area contributed by atoms with Gasteiger partial charge in [-0.05, 0) is 18.6 Å². The van der Waals surface area contributed by atoms with E-state index in [9.17, 15) is 13.2 Å². The van der Waals surface area contributed by atoms with Crippen molar-refractivity contribution in [3.05, 3.63) is 29.8 Å². The van der Waals surface area contributed by atoms with E-state index in [1.54, 1.807) is 0 Å². The number of benzene rings is 1. The third-order valence-corrected chi connectivity index (χ3v) is 2.20. The van der Waals surface area contributed by atoms with Crippen molar-refractivity contribution in [1.29, 1.82) is 0 Å². The second-order valence-electron chi connectivity index (χ2n) is 3.38. The molecule has 0 aliphatic heterocycles. The standard InChI is InChI=1S/C11H14F3NO/c1-2-8(7-15)16-10-6-4-3-5-9(10)11(12,13)14/h3-6,8H,2,7,15H2,1H3. The van der Waals surface area contributed by atoms with Crippen molar-refractivity contribution < 1.29 is 17.9 Å². The summed E-state index contributed by atoms with van der Waals surface area (Å²) in [6.07, 6.45) is -4.21. The number of hydrogen-bond acceptors (Lipinski definition) is 2. The van der Waals surface area contributed by atoms with Crippen LogP contribution in [0.4, 0.5) is 13.2 Å². The monoisotopic (exact) mass is 233 g/mol. The Balaban J connectivity index is 2.95. The average molecular weight is 233 g/mol. The summed E-state index contributed by atoms with van der Waals surface area (Å²) in [4.78, 5) is 0. The van der Waals surface area contributed by atoms with Crippen LogP contribution >= 0.6 is 0 Å². The number of halogens is 3. The van der Waals surface area contributed by atoms with Gasteiger partial charge in [-0.1, -0.05) is 19.1 Å². The molecular formula is C11H14F3NO. The molecule has 1 rings (SSSR count). The van der Waals surface area contributed by atoms with Crippen LogP contribution in [0.25, 0.3) is 0 Å². The fourth-order valence-electron chi connectivity index (χ4n) is 1.28. The Labute approximate surface area is 92.2 Å². The van der Waals surface area contributed by atoms with Crippen LogP contribution in [0.5, 0.6) is 5.75 Å². The van der Waals surface area contributed by atoms with Gasteiger partial charge in [0.15, 0.2) is 0 Å². The van der Waals surface area contributed by atoms with Crippen molar-refractivity contribution in [3.63, 3.8) is 0 Å². The zero-order valence-corrected chi connectivity index (χ0v) is 8.92. The molecule has 0 amide bonds. The van der Waals surface area contributed by atoms with E-state index in [-0.39, 0.29) is 18.4 Å². The lowest BCUT2D eigenvalue weighted by Crippen LogP contribution is -2.26. The first-order chi connectivity index (χ1) is 7.49. The molecular weight excluding hydrogens is 219 g/mol. The van der Waals surface area contributed by atoms with Gasteiger partial charge in [0.2, 0.25) is 0 Å². The highest BCUT2D eigenvalue weighted by Gasteiger charge is 2.34. The number of nitrogens with two attached hydrogens (primary N) is 1. The van der Waals surface area contributed by atoms with Crippen LogP contribution < -0.4 is 10.5 Å². The maximum absolute atomic E-state index is 12.6. The van der Waals surface area contributed by atoms with Crippen LogP contribution in [-0.4, -0.2) is 12.6 Å². The Morgan fingerprint density at radius 3 is 2.44 bits per heavy atom. The van der Waals surface area contributed by atoms with E-state index < -0.39 is 11.7 Å². The molecule has 1 atom stereocenters. The topological polar surface area (TPSA) is 35.2 Å². The van der Waals surface area contributed by atoms with Gasteiger partial charge < -0.3 is 10.5 Å². The highest BCUT2D eigenvalue weighted by Crippen LogP contribution is 2.36. The van der Waals surface area contributed by atoms with Gasteiger partial charge in [-0.15, -0.1) is 0 Å². The van der Waals surface area contributed by atoms with Gasteiger partial charge in [0, 0.05) is 6.54 Å². The number of ether oxygens (including phenoxy) is 1. The van der Waals surface area contributed by atoms with Gasteiger partial charge in [0.1, 0.15) is 11.9 Å². The number of hydrogen-bond donors (Lipinski definition) is 1. The predicted octanol–water partition coefficient (Wildman–Crippen LogP) is 2.82.